The lowest BCUT2D eigenvalue weighted by Crippen LogP contribution is -2.16. The number of rotatable bonds is 2. The number of hydrogen-bond donors (Lipinski definition) is 1. The number of carbonyl (C=O) groups excluding carboxylic acids is 1. The molecule has 0 aromatic heterocycles. The summed E-state index contributed by atoms with van der Waals surface area (Å²) in [4.78, 5) is 26.0. The van der Waals surface area contributed by atoms with E-state index in [4.69, 9.17) is 5.11 Å². The highest BCUT2D eigenvalue weighted by Crippen LogP contribution is 1.80. The molecule has 0 aliphatic heterocycles. The van der Waals surface area contributed by atoms with E-state index in [-0.39, 0.29) is 0 Å². The maximum absolute atomic E-state index is 10.9. The fourth-order valence-corrected chi connectivity index (χ4v) is 0.111. The van der Waals surface area contributed by atoms with Crippen LogP contribution in [0.25, 0.3) is 0 Å². The van der Waals surface area contributed by atoms with Gasteiger partial charge in [-0.25, -0.2) is 14.0 Å². The molecule has 0 unspecified atom stereocenters. The Morgan fingerprint density at radius 2 is 2.11 bits per heavy atom. The van der Waals surface area contributed by atoms with E-state index in [1.54, 1.807) is 0 Å². The van der Waals surface area contributed by atoms with E-state index < -0.39 is 18.8 Å². The molecule has 0 radical (unpaired) electrons. The minimum absolute atomic E-state index is 1.36. The van der Waals surface area contributed by atoms with E-state index >= 15 is 0 Å². The van der Waals surface area contributed by atoms with Crippen LogP contribution in [0.4, 0.5) is 4.39 Å². The molecule has 0 aromatic rings. The van der Waals surface area contributed by atoms with Gasteiger partial charge in [0.05, 0.1) is 0 Å². The SMILES string of the molecule is O=C(O)C(=O)OOCF. The summed E-state index contributed by atoms with van der Waals surface area (Å²) >= 11 is 0. The Balaban J connectivity index is 3.39. The first kappa shape index (κ1) is 7.83. The van der Waals surface area contributed by atoms with Crippen LogP contribution in [0.3, 0.4) is 0 Å². The van der Waals surface area contributed by atoms with E-state index in [1.807, 2.05) is 0 Å². The first-order chi connectivity index (χ1) is 4.18. The summed E-state index contributed by atoms with van der Waals surface area (Å²) in [5.41, 5.74) is 0. The molecule has 0 rings (SSSR count). The number of carbonyl (C=O) groups is 2. The molecule has 0 aromatic carbocycles. The predicted octanol–water partition coefficient (Wildman–Crippen LogP) is -0.527. The van der Waals surface area contributed by atoms with Crippen LogP contribution in [-0.2, 0) is 19.4 Å². The molecule has 0 bridgehead atoms. The molecule has 52 valence electrons. The second-order valence-corrected chi connectivity index (χ2v) is 0.903. The topological polar surface area (TPSA) is 72.8 Å². The van der Waals surface area contributed by atoms with Crippen molar-refractivity contribution in [2.45, 2.75) is 0 Å². The Morgan fingerprint density at radius 3 is 2.44 bits per heavy atom. The lowest BCUT2D eigenvalue weighted by molar-refractivity contribution is -0.288. The highest BCUT2D eigenvalue weighted by molar-refractivity contribution is 6.28. The Hall–Kier alpha value is -1.17. The standard InChI is InChI=1S/C3H3FO5/c4-1-8-9-3(7)2(5)6/h1H2,(H,5,6). The van der Waals surface area contributed by atoms with Crippen molar-refractivity contribution in [1.29, 1.82) is 0 Å². The van der Waals surface area contributed by atoms with Gasteiger partial charge in [0.1, 0.15) is 0 Å². The lowest BCUT2D eigenvalue weighted by Gasteiger charge is -1.92. The van der Waals surface area contributed by atoms with Crippen molar-refractivity contribution < 1.29 is 28.9 Å². The normalized spacial score (nSPS) is 8.56. The molecule has 0 aliphatic carbocycles. The summed E-state index contributed by atoms with van der Waals surface area (Å²) in [6.07, 6.45) is 0. The number of alkyl halides is 1. The molecular weight excluding hydrogens is 135 g/mol. The minimum atomic E-state index is -1.83. The molecule has 0 spiro atoms. The van der Waals surface area contributed by atoms with Gasteiger partial charge in [0.2, 0.25) is 6.86 Å². The largest absolute Gasteiger partial charge is 0.473 e. The number of carboxylic acid groups (broad SMARTS) is 1. The summed E-state index contributed by atoms with van der Waals surface area (Å²) in [7, 11) is 0. The van der Waals surface area contributed by atoms with Gasteiger partial charge in [0, 0.05) is 0 Å². The smallest absolute Gasteiger partial charge is 0.449 e. The molecular formula is C3H3FO5. The van der Waals surface area contributed by atoms with Gasteiger partial charge >= 0.3 is 11.9 Å². The van der Waals surface area contributed by atoms with Crippen LogP contribution in [0, 0.1) is 0 Å². The second-order valence-electron chi connectivity index (χ2n) is 0.903. The molecule has 9 heavy (non-hydrogen) atoms. The fraction of sp³-hybridized carbons (Fsp3) is 0.333. The van der Waals surface area contributed by atoms with Crippen LogP contribution in [0.2, 0.25) is 0 Å². The number of halogens is 1. The Bertz CT molecular complexity index is 121. The average Bonchev–Trinajstić information content (AvgIpc) is 1.82. The van der Waals surface area contributed by atoms with Gasteiger partial charge in [-0.05, 0) is 0 Å². The Morgan fingerprint density at radius 1 is 1.56 bits per heavy atom. The van der Waals surface area contributed by atoms with Crippen molar-refractivity contribution in [3.63, 3.8) is 0 Å². The van der Waals surface area contributed by atoms with E-state index in [0.29, 0.717) is 0 Å². The van der Waals surface area contributed by atoms with Crippen molar-refractivity contribution in [3.05, 3.63) is 0 Å². The monoisotopic (exact) mass is 138 g/mol. The quantitative estimate of drug-likeness (QED) is 0.315. The van der Waals surface area contributed by atoms with E-state index in [1.165, 1.54) is 0 Å². The van der Waals surface area contributed by atoms with Crippen molar-refractivity contribution in [2.75, 3.05) is 6.86 Å². The maximum Gasteiger partial charge on any atom is 0.449 e. The fourth-order valence-electron chi connectivity index (χ4n) is 0.111. The first-order valence-electron chi connectivity index (χ1n) is 1.81. The van der Waals surface area contributed by atoms with Gasteiger partial charge in [-0.1, -0.05) is 0 Å². The molecule has 1 N–H and O–H groups in total. The second kappa shape index (κ2) is 3.79. The predicted molar refractivity (Wildman–Crippen MR) is 20.8 cm³/mol. The van der Waals surface area contributed by atoms with Crippen molar-refractivity contribution >= 4 is 11.9 Å². The molecule has 0 aliphatic rings. The van der Waals surface area contributed by atoms with Crippen LogP contribution in [0.15, 0.2) is 0 Å². The van der Waals surface area contributed by atoms with Crippen molar-refractivity contribution in [1.82, 2.24) is 0 Å². The van der Waals surface area contributed by atoms with E-state index in [2.05, 4.69) is 9.78 Å². The van der Waals surface area contributed by atoms with E-state index in [9.17, 15) is 14.0 Å². The van der Waals surface area contributed by atoms with Gasteiger partial charge < -0.3 is 5.11 Å². The zero-order valence-corrected chi connectivity index (χ0v) is 4.17. The minimum Gasteiger partial charge on any atom is -0.473 e. The highest BCUT2D eigenvalue weighted by Gasteiger charge is 2.13. The molecule has 0 saturated heterocycles. The summed E-state index contributed by atoms with van der Waals surface area (Å²) in [6, 6.07) is 0. The summed E-state index contributed by atoms with van der Waals surface area (Å²) in [6.45, 7) is -1.36. The molecule has 0 amide bonds. The average molecular weight is 138 g/mol. The first-order valence-corrected chi connectivity index (χ1v) is 1.81. The molecule has 6 heteroatoms. The highest BCUT2D eigenvalue weighted by atomic mass is 19.1. The molecule has 0 heterocycles. The Labute approximate surface area is 48.9 Å². The van der Waals surface area contributed by atoms with Gasteiger partial charge in [-0.15, -0.1) is 0 Å². The van der Waals surface area contributed by atoms with Gasteiger partial charge in [0.25, 0.3) is 0 Å². The lowest BCUT2D eigenvalue weighted by atomic mass is 10.7. The van der Waals surface area contributed by atoms with Crippen molar-refractivity contribution in [2.24, 2.45) is 0 Å². The Kier molecular flexibility index (Phi) is 3.29. The van der Waals surface area contributed by atoms with Crippen LogP contribution in [-0.4, -0.2) is 23.9 Å². The third kappa shape index (κ3) is 3.42. The van der Waals surface area contributed by atoms with Crippen LogP contribution in [0.1, 0.15) is 0 Å². The van der Waals surface area contributed by atoms with Crippen LogP contribution in [0.5, 0.6) is 0 Å². The van der Waals surface area contributed by atoms with Gasteiger partial charge in [-0.2, -0.15) is 4.89 Å². The van der Waals surface area contributed by atoms with Gasteiger partial charge in [-0.3, -0.25) is 4.89 Å². The molecule has 0 atom stereocenters. The molecule has 0 saturated carbocycles. The zero-order valence-electron chi connectivity index (χ0n) is 4.17. The molecule has 5 nitrogen and oxygen atoms in total. The third-order valence-electron chi connectivity index (χ3n) is 0.354. The van der Waals surface area contributed by atoms with Gasteiger partial charge in [0.15, 0.2) is 0 Å². The van der Waals surface area contributed by atoms with Crippen molar-refractivity contribution in [3.8, 4) is 0 Å². The zero-order chi connectivity index (χ0) is 7.28. The summed E-state index contributed by atoms with van der Waals surface area (Å²) < 4.78 is 10.9. The van der Waals surface area contributed by atoms with Crippen LogP contribution < -0.4 is 0 Å². The third-order valence-corrected chi connectivity index (χ3v) is 0.354. The molecule has 0 fully saturated rings. The van der Waals surface area contributed by atoms with E-state index in [0.717, 1.165) is 0 Å². The number of hydrogen-bond acceptors (Lipinski definition) is 4. The summed E-state index contributed by atoms with van der Waals surface area (Å²) in [5, 5.41) is 7.73. The number of carboxylic acids is 1. The maximum atomic E-state index is 10.9. The van der Waals surface area contributed by atoms with Crippen LogP contribution >= 0.6 is 0 Å². The summed E-state index contributed by atoms with van der Waals surface area (Å²) in [5.74, 6) is -3.48. The number of aliphatic carboxylic acids is 1.